The van der Waals surface area contributed by atoms with Gasteiger partial charge in [-0.15, -0.1) is 0 Å². The summed E-state index contributed by atoms with van der Waals surface area (Å²) < 4.78 is 4.84. The first kappa shape index (κ1) is 19.0. The van der Waals surface area contributed by atoms with Gasteiger partial charge in [0.25, 0.3) is 0 Å². The Labute approximate surface area is 169 Å². The standard InChI is InChI=1S/C24H25N.Ta/c1-14-10-16(3)22(17(4)11-14)20-8-7-9-21(24(20)25)23-18(5)12-15(2)13-19(23)6;/h7-13H,1-6H3;. The van der Waals surface area contributed by atoms with E-state index < -0.39 is 0 Å². The summed E-state index contributed by atoms with van der Waals surface area (Å²) in [6.45, 7) is 13.2. The van der Waals surface area contributed by atoms with Crippen LogP contribution in [0, 0.1) is 41.5 Å². The van der Waals surface area contributed by atoms with Crippen molar-refractivity contribution in [2.24, 2.45) is 3.34 Å². The number of nitrogens with zero attached hydrogens (tertiary/aromatic N) is 1. The number of rotatable bonds is 3. The topological polar surface area (TPSA) is 12.4 Å². The zero-order chi connectivity index (χ0) is 19.0. The minimum absolute atomic E-state index is 1.01. The van der Waals surface area contributed by atoms with Crippen LogP contribution in [0.3, 0.4) is 0 Å². The molecule has 0 aromatic heterocycles. The third kappa shape index (κ3) is 3.40. The second-order valence-electron chi connectivity index (χ2n) is 7.35. The summed E-state index contributed by atoms with van der Waals surface area (Å²) in [6.07, 6.45) is 0. The Morgan fingerprint density at radius 1 is 0.615 bits per heavy atom. The molecule has 0 N–H and O–H groups in total. The summed E-state index contributed by atoms with van der Waals surface area (Å²) in [5.74, 6) is 0. The zero-order valence-electron chi connectivity index (χ0n) is 16.4. The molecule has 0 saturated heterocycles. The first-order valence-electron chi connectivity index (χ1n) is 8.98. The fourth-order valence-corrected chi connectivity index (χ4v) is 5.04. The van der Waals surface area contributed by atoms with Gasteiger partial charge in [-0.3, -0.25) is 0 Å². The average Bonchev–Trinajstić information content (AvgIpc) is 2.53. The van der Waals surface area contributed by atoms with Gasteiger partial charge in [-0.1, -0.05) is 0 Å². The van der Waals surface area contributed by atoms with Crippen LogP contribution in [0.1, 0.15) is 33.4 Å². The number of aryl methyl sites for hydroxylation is 6. The van der Waals surface area contributed by atoms with Crippen LogP contribution in [-0.4, -0.2) is 0 Å². The van der Waals surface area contributed by atoms with Crippen molar-refractivity contribution in [1.29, 1.82) is 0 Å². The average molecular weight is 508 g/mol. The number of hydrogen-bond acceptors (Lipinski definition) is 1. The monoisotopic (exact) mass is 508 g/mol. The van der Waals surface area contributed by atoms with E-state index in [9.17, 15) is 0 Å². The maximum atomic E-state index is 4.84. The molecule has 3 aromatic carbocycles. The molecular formula is C24H25NTa. The molecule has 0 bridgehead atoms. The summed E-state index contributed by atoms with van der Waals surface area (Å²) in [5.41, 5.74) is 14.2. The molecule has 0 radical (unpaired) electrons. The van der Waals surface area contributed by atoms with Crippen LogP contribution in [0.5, 0.6) is 0 Å². The van der Waals surface area contributed by atoms with Crippen molar-refractivity contribution < 1.29 is 20.9 Å². The van der Waals surface area contributed by atoms with E-state index in [1.807, 2.05) is 0 Å². The van der Waals surface area contributed by atoms with Gasteiger partial charge in [0.15, 0.2) is 0 Å². The summed E-state index contributed by atoms with van der Waals surface area (Å²) in [4.78, 5) is 0. The van der Waals surface area contributed by atoms with E-state index in [0.717, 1.165) is 26.6 Å². The maximum absolute atomic E-state index is 4.84. The summed E-state index contributed by atoms with van der Waals surface area (Å²) >= 11 is 1.01. The van der Waals surface area contributed by atoms with E-state index in [1.165, 1.54) is 55.6 Å². The van der Waals surface area contributed by atoms with Crippen molar-refractivity contribution in [2.75, 3.05) is 0 Å². The molecule has 0 heterocycles. The van der Waals surface area contributed by atoms with Crippen molar-refractivity contribution in [1.82, 2.24) is 0 Å². The van der Waals surface area contributed by atoms with Crippen molar-refractivity contribution in [3.8, 4) is 22.3 Å². The number of hydrogen-bond donors (Lipinski definition) is 0. The van der Waals surface area contributed by atoms with Gasteiger partial charge in [0, 0.05) is 0 Å². The van der Waals surface area contributed by atoms with Gasteiger partial charge >= 0.3 is 170 Å². The summed E-state index contributed by atoms with van der Waals surface area (Å²) in [6, 6.07) is 15.7. The van der Waals surface area contributed by atoms with Gasteiger partial charge in [-0.2, -0.15) is 0 Å². The van der Waals surface area contributed by atoms with E-state index in [1.54, 1.807) is 0 Å². The molecule has 1 nitrogen and oxygen atoms in total. The number of benzene rings is 3. The Morgan fingerprint density at radius 3 is 1.27 bits per heavy atom. The van der Waals surface area contributed by atoms with E-state index in [4.69, 9.17) is 3.34 Å². The second-order valence-corrected chi connectivity index (χ2v) is 8.07. The van der Waals surface area contributed by atoms with E-state index in [0.29, 0.717) is 0 Å². The molecule has 0 saturated carbocycles. The molecule has 0 fully saturated rings. The zero-order valence-corrected chi connectivity index (χ0v) is 19.6. The Kier molecular flexibility index (Phi) is 5.43. The molecule has 2 heteroatoms. The molecule has 26 heavy (non-hydrogen) atoms. The fourth-order valence-electron chi connectivity index (χ4n) is 4.26. The molecule has 3 aromatic rings. The molecule has 131 valence electrons. The van der Waals surface area contributed by atoms with Crippen LogP contribution in [0.15, 0.2) is 45.8 Å². The van der Waals surface area contributed by atoms with Crippen LogP contribution in [0.2, 0.25) is 0 Å². The molecule has 0 amide bonds. The van der Waals surface area contributed by atoms with Crippen LogP contribution in [0.4, 0.5) is 5.69 Å². The van der Waals surface area contributed by atoms with Gasteiger partial charge < -0.3 is 0 Å². The van der Waals surface area contributed by atoms with Gasteiger partial charge in [0.2, 0.25) is 0 Å². The third-order valence-corrected chi connectivity index (χ3v) is 5.75. The first-order valence-corrected chi connectivity index (χ1v) is 10.4. The predicted molar refractivity (Wildman–Crippen MR) is 108 cm³/mol. The van der Waals surface area contributed by atoms with E-state index in [-0.39, 0.29) is 0 Å². The van der Waals surface area contributed by atoms with Crippen LogP contribution >= 0.6 is 0 Å². The van der Waals surface area contributed by atoms with Gasteiger partial charge in [0.05, 0.1) is 0 Å². The van der Waals surface area contributed by atoms with Crippen LogP contribution < -0.4 is 0 Å². The SMILES string of the molecule is Cc1cc(C)c(-c2cccc(-c3c(C)cc(C)cc3C)c2[N]=[Ta])c(C)c1. The fraction of sp³-hybridized carbons (Fsp3) is 0.250. The molecule has 0 aliphatic carbocycles. The molecular weight excluding hydrogens is 483 g/mol. The van der Waals surface area contributed by atoms with Gasteiger partial charge in [-0.25, -0.2) is 0 Å². The van der Waals surface area contributed by atoms with E-state index in [2.05, 4.69) is 84.0 Å². The Balaban J connectivity index is 2.34. The molecule has 0 unspecified atom stereocenters. The van der Waals surface area contributed by atoms with Gasteiger partial charge in [0.1, 0.15) is 0 Å². The van der Waals surface area contributed by atoms with Crippen LogP contribution in [-0.2, 0) is 20.9 Å². The Hall–Kier alpha value is -1.80. The second kappa shape index (κ2) is 7.44. The van der Waals surface area contributed by atoms with Crippen LogP contribution in [0.25, 0.3) is 22.3 Å². The predicted octanol–water partition coefficient (Wildman–Crippen LogP) is 7.23. The Morgan fingerprint density at radius 2 is 0.962 bits per heavy atom. The summed E-state index contributed by atoms with van der Waals surface area (Å²) in [5, 5.41) is 0. The normalized spacial score (nSPS) is 10.8. The molecule has 0 atom stereocenters. The third-order valence-electron chi connectivity index (χ3n) is 5.03. The first-order chi connectivity index (χ1) is 12.3. The van der Waals surface area contributed by atoms with Gasteiger partial charge in [-0.05, 0) is 0 Å². The molecule has 0 aliphatic heterocycles. The molecule has 3 rings (SSSR count). The summed E-state index contributed by atoms with van der Waals surface area (Å²) in [7, 11) is 0. The van der Waals surface area contributed by atoms with Crippen molar-refractivity contribution >= 4 is 5.69 Å². The van der Waals surface area contributed by atoms with Crippen molar-refractivity contribution in [3.63, 3.8) is 0 Å². The molecule has 0 spiro atoms. The Bertz CT molecular complexity index is 893. The minimum atomic E-state index is 1.01. The van der Waals surface area contributed by atoms with Crippen molar-refractivity contribution in [3.05, 3.63) is 75.8 Å². The van der Waals surface area contributed by atoms with E-state index >= 15 is 0 Å². The quantitative estimate of drug-likeness (QED) is 0.354. The molecule has 0 aliphatic rings. The van der Waals surface area contributed by atoms with Crippen molar-refractivity contribution in [2.45, 2.75) is 41.5 Å².